The van der Waals surface area contributed by atoms with Crippen LogP contribution in [0.4, 0.5) is 4.79 Å². The first-order valence-corrected chi connectivity index (χ1v) is 13.6. The zero-order chi connectivity index (χ0) is 29.3. The Bertz CT molecular complexity index is 1220. The predicted molar refractivity (Wildman–Crippen MR) is 147 cm³/mol. The summed E-state index contributed by atoms with van der Waals surface area (Å²) >= 11 is 0. The van der Waals surface area contributed by atoms with Gasteiger partial charge in [0.2, 0.25) is 5.91 Å². The smallest absolute Gasteiger partial charge is 0.409 e. The van der Waals surface area contributed by atoms with Crippen LogP contribution in [0.15, 0.2) is 41.2 Å². The van der Waals surface area contributed by atoms with E-state index in [2.05, 4.69) is 10.4 Å². The van der Waals surface area contributed by atoms with E-state index in [1.54, 1.807) is 60.9 Å². The highest BCUT2D eigenvalue weighted by Crippen LogP contribution is 2.13. The number of nitrogens with one attached hydrogen (secondary N) is 2. The Morgan fingerprint density at radius 1 is 1.02 bits per heavy atom. The molecular weight excluding hydrogens is 518 g/mol. The van der Waals surface area contributed by atoms with Crippen LogP contribution in [0.5, 0.6) is 0 Å². The minimum Gasteiger partial charge on any atom is -0.460 e. The maximum atomic E-state index is 13.5. The van der Waals surface area contributed by atoms with Crippen LogP contribution in [0, 0.1) is 0 Å². The van der Waals surface area contributed by atoms with Gasteiger partial charge in [0.05, 0.1) is 12.3 Å². The van der Waals surface area contributed by atoms with Crippen molar-refractivity contribution in [2.45, 2.75) is 65.0 Å². The molecule has 218 valence electrons. The van der Waals surface area contributed by atoms with Crippen LogP contribution in [0.3, 0.4) is 0 Å². The molecule has 1 aromatic carbocycles. The van der Waals surface area contributed by atoms with Gasteiger partial charge in [-0.1, -0.05) is 31.5 Å². The number of benzene rings is 1. The van der Waals surface area contributed by atoms with E-state index < -0.39 is 35.2 Å². The number of hydrogen-bond donors (Lipinski definition) is 2. The Kier molecular flexibility index (Phi) is 10.5. The van der Waals surface area contributed by atoms with Crippen LogP contribution in [-0.2, 0) is 19.1 Å². The van der Waals surface area contributed by atoms with Crippen LogP contribution in [0.25, 0.3) is 5.69 Å². The molecular formula is C28H39N5O7. The molecule has 1 atom stereocenters. The van der Waals surface area contributed by atoms with Crippen LogP contribution >= 0.6 is 0 Å². The van der Waals surface area contributed by atoms with E-state index >= 15 is 0 Å². The number of rotatable bonds is 10. The van der Waals surface area contributed by atoms with Gasteiger partial charge in [-0.05, 0) is 45.7 Å². The molecule has 12 heteroatoms. The Hall–Kier alpha value is -4.09. The number of unbranched alkanes of at least 4 members (excludes halogenated alkanes) is 1. The van der Waals surface area contributed by atoms with Gasteiger partial charge in [-0.15, -0.1) is 0 Å². The number of hydrogen-bond acceptors (Lipinski definition) is 7. The summed E-state index contributed by atoms with van der Waals surface area (Å²) in [5.74, 6) is -1.55. The molecule has 2 heterocycles. The molecule has 0 radical (unpaired) electrons. The lowest BCUT2D eigenvalue weighted by Crippen LogP contribution is -2.56. The molecule has 12 nitrogen and oxygen atoms in total. The number of piperazine rings is 1. The second-order valence-electron chi connectivity index (χ2n) is 10.6. The molecule has 1 aliphatic heterocycles. The Balaban J connectivity index is 1.69. The van der Waals surface area contributed by atoms with Gasteiger partial charge in [0.25, 0.3) is 11.5 Å². The molecule has 2 aromatic rings. The Morgan fingerprint density at radius 3 is 2.30 bits per heavy atom. The fourth-order valence-electron chi connectivity index (χ4n) is 4.15. The third-order valence-electron chi connectivity index (χ3n) is 6.21. The number of para-hydroxylation sites is 1. The molecule has 40 heavy (non-hydrogen) atoms. The number of carbonyl (C=O) groups excluding carboxylic acids is 4. The van der Waals surface area contributed by atoms with E-state index in [4.69, 9.17) is 9.47 Å². The molecule has 1 saturated heterocycles. The zero-order valence-electron chi connectivity index (χ0n) is 23.6. The van der Waals surface area contributed by atoms with E-state index in [-0.39, 0.29) is 50.6 Å². The van der Waals surface area contributed by atoms with E-state index in [0.717, 1.165) is 18.9 Å². The number of carbonyl (C=O) groups is 4. The van der Waals surface area contributed by atoms with Gasteiger partial charge in [0.1, 0.15) is 17.3 Å². The van der Waals surface area contributed by atoms with Crippen LogP contribution in [0.1, 0.15) is 63.9 Å². The van der Waals surface area contributed by atoms with Gasteiger partial charge in [-0.25, -0.2) is 9.48 Å². The second-order valence-corrected chi connectivity index (χ2v) is 10.6. The van der Waals surface area contributed by atoms with Crippen LogP contribution < -0.4 is 10.9 Å². The third kappa shape index (κ3) is 8.72. The fraction of sp³-hybridized carbons (Fsp3) is 0.536. The van der Waals surface area contributed by atoms with Crippen LogP contribution in [0.2, 0.25) is 0 Å². The fourth-order valence-corrected chi connectivity index (χ4v) is 4.15. The van der Waals surface area contributed by atoms with E-state index in [0.29, 0.717) is 12.3 Å². The summed E-state index contributed by atoms with van der Waals surface area (Å²) in [6.07, 6.45) is 1.18. The van der Waals surface area contributed by atoms with E-state index in [1.807, 2.05) is 6.92 Å². The quantitative estimate of drug-likeness (QED) is 0.337. The minimum absolute atomic E-state index is 0.00237. The van der Waals surface area contributed by atoms with E-state index in [1.165, 1.54) is 4.68 Å². The van der Waals surface area contributed by atoms with Crippen molar-refractivity contribution in [2.24, 2.45) is 0 Å². The Labute approximate surface area is 233 Å². The number of amides is 3. The zero-order valence-corrected chi connectivity index (χ0v) is 23.6. The van der Waals surface area contributed by atoms with Crippen molar-refractivity contribution in [1.82, 2.24) is 24.9 Å². The lowest BCUT2D eigenvalue weighted by Gasteiger charge is -2.36. The highest BCUT2D eigenvalue weighted by molar-refractivity contribution is 5.96. The molecule has 3 amide bonds. The first-order chi connectivity index (χ1) is 19.0. The lowest BCUT2D eigenvalue weighted by molar-refractivity contribution is -0.155. The topological polar surface area (TPSA) is 143 Å². The van der Waals surface area contributed by atoms with E-state index in [9.17, 15) is 24.0 Å². The SMILES string of the molecule is CCCCOC(=O)N1CCN(C(=O)C(CCC(=O)OC(C)(C)C)NC(=O)c2cc(=O)n(-c3ccccc3)[nH]2)CC1. The highest BCUT2D eigenvalue weighted by Gasteiger charge is 2.32. The summed E-state index contributed by atoms with van der Waals surface area (Å²) in [6, 6.07) is 8.86. The number of esters is 1. The van der Waals surface area contributed by atoms with Crippen molar-refractivity contribution in [2.75, 3.05) is 32.8 Å². The first-order valence-electron chi connectivity index (χ1n) is 13.6. The van der Waals surface area contributed by atoms with Gasteiger partial charge >= 0.3 is 12.1 Å². The molecule has 1 unspecified atom stereocenters. The molecule has 0 spiro atoms. The average Bonchev–Trinajstić information content (AvgIpc) is 3.32. The van der Waals surface area contributed by atoms with Crippen molar-refractivity contribution < 1.29 is 28.7 Å². The number of aromatic amines is 1. The molecule has 0 aliphatic carbocycles. The average molecular weight is 558 g/mol. The summed E-state index contributed by atoms with van der Waals surface area (Å²) in [6.45, 7) is 8.67. The number of H-pyrrole nitrogens is 1. The van der Waals surface area contributed by atoms with Crippen molar-refractivity contribution in [3.63, 3.8) is 0 Å². The molecule has 1 fully saturated rings. The van der Waals surface area contributed by atoms with Crippen molar-refractivity contribution in [3.8, 4) is 5.69 Å². The number of aromatic nitrogens is 2. The minimum atomic E-state index is -1.05. The first kappa shape index (κ1) is 30.5. The lowest BCUT2D eigenvalue weighted by atomic mass is 10.1. The van der Waals surface area contributed by atoms with Gasteiger partial charge in [-0.2, -0.15) is 0 Å². The monoisotopic (exact) mass is 557 g/mol. The largest absolute Gasteiger partial charge is 0.460 e. The second kappa shape index (κ2) is 13.8. The molecule has 0 saturated carbocycles. The summed E-state index contributed by atoms with van der Waals surface area (Å²) in [5, 5.41) is 5.46. The molecule has 1 aliphatic rings. The van der Waals surface area contributed by atoms with Gasteiger partial charge < -0.3 is 24.6 Å². The van der Waals surface area contributed by atoms with Crippen molar-refractivity contribution >= 4 is 23.9 Å². The molecule has 0 bridgehead atoms. The third-order valence-corrected chi connectivity index (χ3v) is 6.21. The van der Waals surface area contributed by atoms with Crippen molar-refractivity contribution in [3.05, 3.63) is 52.4 Å². The summed E-state index contributed by atoms with van der Waals surface area (Å²) in [4.78, 5) is 66.9. The van der Waals surface area contributed by atoms with Gasteiger partial charge in [0.15, 0.2) is 0 Å². The van der Waals surface area contributed by atoms with Crippen LogP contribution in [-0.4, -0.2) is 87.9 Å². The summed E-state index contributed by atoms with van der Waals surface area (Å²) in [7, 11) is 0. The predicted octanol–water partition coefficient (Wildman–Crippen LogP) is 2.47. The maximum absolute atomic E-state index is 13.5. The number of nitrogens with zero attached hydrogens (tertiary/aromatic N) is 3. The standard InChI is InChI=1S/C28H39N5O7/c1-5-6-18-39-27(38)32-16-14-31(15-17-32)26(37)21(12-13-24(35)40-28(2,3)4)29-25(36)22-19-23(34)33(30-22)20-10-8-7-9-11-20/h7-11,19,21,30H,5-6,12-18H2,1-4H3,(H,29,36). The summed E-state index contributed by atoms with van der Waals surface area (Å²) < 4.78 is 11.9. The normalized spacial score (nSPS) is 14.4. The maximum Gasteiger partial charge on any atom is 0.409 e. The van der Waals surface area contributed by atoms with Crippen molar-refractivity contribution in [1.29, 1.82) is 0 Å². The molecule has 3 rings (SSSR count). The highest BCUT2D eigenvalue weighted by atomic mass is 16.6. The molecule has 2 N–H and O–H groups in total. The number of ether oxygens (including phenoxy) is 2. The molecule has 1 aromatic heterocycles. The van der Waals surface area contributed by atoms with Gasteiger partial charge in [-0.3, -0.25) is 24.3 Å². The summed E-state index contributed by atoms with van der Waals surface area (Å²) in [5.41, 5.74) is -0.601. The Morgan fingerprint density at radius 2 is 1.68 bits per heavy atom. The van der Waals surface area contributed by atoms with Gasteiger partial charge in [0, 0.05) is 38.7 Å².